The molecule has 0 N–H and O–H groups in total. The fourth-order valence-corrected chi connectivity index (χ4v) is 2.38. The third-order valence-corrected chi connectivity index (χ3v) is 3.43. The van der Waals surface area contributed by atoms with Crippen molar-refractivity contribution in [3.05, 3.63) is 0 Å². The van der Waals surface area contributed by atoms with E-state index in [9.17, 15) is 4.79 Å². The zero-order valence-corrected chi connectivity index (χ0v) is 10.1. The molecule has 1 amide bonds. The predicted molar refractivity (Wildman–Crippen MR) is 62.2 cm³/mol. The SMILES string of the molecule is N#CCCN1CCN(C(=O)[C@H]2CCCO2)CC1. The molecule has 94 valence electrons. The Morgan fingerprint density at radius 2 is 2.12 bits per heavy atom. The molecule has 2 fully saturated rings. The van der Waals surface area contributed by atoms with E-state index in [1.54, 1.807) is 0 Å². The van der Waals surface area contributed by atoms with Crippen molar-refractivity contribution in [3.63, 3.8) is 0 Å². The van der Waals surface area contributed by atoms with Crippen molar-refractivity contribution < 1.29 is 9.53 Å². The van der Waals surface area contributed by atoms with Crippen LogP contribution in [0.1, 0.15) is 19.3 Å². The molecule has 17 heavy (non-hydrogen) atoms. The second-order valence-corrected chi connectivity index (χ2v) is 4.58. The van der Waals surface area contributed by atoms with Crippen LogP contribution in [0.4, 0.5) is 0 Å². The van der Waals surface area contributed by atoms with Crippen LogP contribution in [0.2, 0.25) is 0 Å². The van der Waals surface area contributed by atoms with Gasteiger partial charge >= 0.3 is 0 Å². The smallest absolute Gasteiger partial charge is 0.251 e. The largest absolute Gasteiger partial charge is 0.368 e. The number of hydrogen-bond donors (Lipinski definition) is 0. The molecule has 5 nitrogen and oxygen atoms in total. The van der Waals surface area contributed by atoms with Gasteiger partial charge in [0, 0.05) is 45.8 Å². The molecular weight excluding hydrogens is 218 g/mol. The molecule has 0 bridgehead atoms. The summed E-state index contributed by atoms with van der Waals surface area (Å²) in [4.78, 5) is 16.2. The van der Waals surface area contributed by atoms with Crippen LogP contribution in [0.3, 0.4) is 0 Å². The lowest BCUT2D eigenvalue weighted by Crippen LogP contribution is -2.51. The van der Waals surface area contributed by atoms with Gasteiger partial charge in [-0.2, -0.15) is 5.26 Å². The van der Waals surface area contributed by atoms with Crippen LogP contribution in [0.5, 0.6) is 0 Å². The van der Waals surface area contributed by atoms with Gasteiger partial charge in [-0.05, 0) is 12.8 Å². The Hall–Kier alpha value is -1.12. The average molecular weight is 237 g/mol. The highest BCUT2D eigenvalue weighted by atomic mass is 16.5. The third-order valence-electron chi connectivity index (χ3n) is 3.43. The summed E-state index contributed by atoms with van der Waals surface area (Å²) in [6.45, 7) is 4.82. The molecule has 5 heteroatoms. The number of nitriles is 1. The highest BCUT2D eigenvalue weighted by molar-refractivity contribution is 5.81. The maximum Gasteiger partial charge on any atom is 0.251 e. The van der Waals surface area contributed by atoms with E-state index in [4.69, 9.17) is 10.00 Å². The standard InChI is InChI=1S/C12H19N3O2/c13-4-2-5-14-6-8-15(9-7-14)12(16)11-3-1-10-17-11/h11H,1-3,5-10H2/t11-/m1/s1. The van der Waals surface area contributed by atoms with Crippen LogP contribution in [0.25, 0.3) is 0 Å². The number of amides is 1. The van der Waals surface area contributed by atoms with Gasteiger partial charge in [0.25, 0.3) is 5.91 Å². The summed E-state index contributed by atoms with van der Waals surface area (Å²) in [6, 6.07) is 2.15. The van der Waals surface area contributed by atoms with Gasteiger partial charge < -0.3 is 9.64 Å². The van der Waals surface area contributed by atoms with Crippen molar-refractivity contribution in [1.82, 2.24) is 9.80 Å². The highest BCUT2D eigenvalue weighted by Crippen LogP contribution is 2.15. The molecule has 0 saturated carbocycles. The number of ether oxygens (including phenoxy) is 1. The van der Waals surface area contributed by atoms with E-state index in [0.29, 0.717) is 6.42 Å². The normalized spacial score (nSPS) is 25.8. The molecule has 2 aliphatic heterocycles. The Bertz CT molecular complexity index is 299. The molecule has 1 atom stereocenters. The predicted octanol–water partition coefficient (Wildman–Crippen LogP) is 0.223. The summed E-state index contributed by atoms with van der Waals surface area (Å²) in [7, 11) is 0. The second kappa shape index (κ2) is 5.99. The number of rotatable bonds is 3. The lowest BCUT2D eigenvalue weighted by Gasteiger charge is -2.35. The van der Waals surface area contributed by atoms with E-state index in [0.717, 1.165) is 52.2 Å². The van der Waals surface area contributed by atoms with Gasteiger partial charge in [0.15, 0.2) is 0 Å². The van der Waals surface area contributed by atoms with E-state index in [-0.39, 0.29) is 12.0 Å². The summed E-state index contributed by atoms with van der Waals surface area (Å²) in [5, 5.41) is 8.52. The maximum atomic E-state index is 12.1. The summed E-state index contributed by atoms with van der Waals surface area (Å²) < 4.78 is 5.41. The van der Waals surface area contributed by atoms with Crippen LogP contribution >= 0.6 is 0 Å². The van der Waals surface area contributed by atoms with E-state index in [1.165, 1.54) is 0 Å². The van der Waals surface area contributed by atoms with Crippen LogP contribution in [0, 0.1) is 11.3 Å². The van der Waals surface area contributed by atoms with Crippen LogP contribution in [-0.4, -0.2) is 61.1 Å². The van der Waals surface area contributed by atoms with Crippen LogP contribution < -0.4 is 0 Å². The molecule has 0 aliphatic carbocycles. The Kier molecular flexibility index (Phi) is 4.35. The summed E-state index contributed by atoms with van der Waals surface area (Å²) in [6.07, 6.45) is 2.24. The Balaban J connectivity index is 1.74. The fourth-order valence-electron chi connectivity index (χ4n) is 2.38. The minimum atomic E-state index is -0.194. The Morgan fingerprint density at radius 1 is 1.35 bits per heavy atom. The summed E-state index contributed by atoms with van der Waals surface area (Å²) >= 11 is 0. The second-order valence-electron chi connectivity index (χ2n) is 4.58. The van der Waals surface area contributed by atoms with Crippen molar-refractivity contribution in [3.8, 4) is 6.07 Å². The van der Waals surface area contributed by atoms with Gasteiger partial charge in [0.2, 0.25) is 0 Å². The quantitative estimate of drug-likeness (QED) is 0.705. The number of nitrogens with zero attached hydrogens (tertiary/aromatic N) is 3. The van der Waals surface area contributed by atoms with E-state index >= 15 is 0 Å². The average Bonchev–Trinajstić information content (AvgIpc) is 2.90. The zero-order chi connectivity index (χ0) is 12.1. The van der Waals surface area contributed by atoms with Gasteiger partial charge in [0.05, 0.1) is 6.07 Å². The molecule has 0 radical (unpaired) electrons. The minimum absolute atomic E-state index is 0.155. The summed E-state index contributed by atoms with van der Waals surface area (Å²) in [5.74, 6) is 0.155. The van der Waals surface area contributed by atoms with E-state index in [1.807, 2.05) is 4.90 Å². The Labute approximate surface area is 102 Å². The first kappa shape index (κ1) is 12.3. The van der Waals surface area contributed by atoms with Crippen LogP contribution in [-0.2, 0) is 9.53 Å². The molecule has 0 aromatic heterocycles. The monoisotopic (exact) mass is 237 g/mol. The minimum Gasteiger partial charge on any atom is -0.368 e. The van der Waals surface area contributed by atoms with Crippen molar-refractivity contribution in [2.75, 3.05) is 39.3 Å². The highest BCUT2D eigenvalue weighted by Gasteiger charge is 2.29. The molecule has 2 rings (SSSR count). The first-order valence-electron chi connectivity index (χ1n) is 6.31. The Morgan fingerprint density at radius 3 is 2.71 bits per heavy atom. The fraction of sp³-hybridized carbons (Fsp3) is 0.833. The molecule has 2 heterocycles. The van der Waals surface area contributed by atoms with E-state index < -0.39 is 0 Å². The van der Waals surface area contributed by atoms with Gasteiger partial charge in [-0.15, -0.1) is 0 Å². The maximum absolute atomic E-state index is 12.1. The molecular formula is C12H19N3O2. The number of carbonyl (C=O) groups is 1. The lowest BCUT2D eigenvalue weighted by molar-refractivity contribution is -0.142. The third kappa shape index (κ3) is 3.18. The molecule has 2 saturated heterocycles. The lowest BCUT2D eigenvalue weighted by atomic mass is 10.2. The van der Waals surface area contributed by atoms with Gasteiger partial charge in [-0.3, -0.25) is 9.69 Å². The first-order chi connectivity index (χ1) is 8.31. The van der Waals surface area contributed by atoms with Gasteiger partial charge in [0.1, 0.15) is 6.10 Å². The zero-order valence-electron chi connectivity index (χ0n) is 10.1. The molecule has 0 aromatic carbocycles. The van der Waals surface area contributed by atoms with Crippen LogP contribution in [0.15, 0.2) is 0 Å². The van der Waals surface area contributed by atoms with Crippen molar-refractivity contribution in [2.45, 2.75) is 25.4 Å². The number of piperazine rings is 1. The van der Waals surface area contributed by atoms with Crippen molar-refractivity contribution >= 4 is 5.91 Å². The number of carbonyl (C=O) groups excluding carboxylic acids is 1. The molecule has 0 unspecified atom stereocenters. The molecule has 0 spiro atoms. The van der Waals surface area contributed by atoms with Crippen molar-refractivity contribution in [1.29, 1.82) is 5.26 Å². The van der Waals surface area contributed by atoms with E-state index in [2.05, 4.69) is 11.0 Å². The van der Waals surface area contributed by atoms with Gasteiger partial charge in [-0.1, -0.05) is 0 Å². The van der Waals surface area contributed by atoms with Gasteiger partial charge in [-0.25, -0.2) is 0 Å². The summed E-state index contributed by atoms with van der Waals surface area (Å²) in [5.41, 5.74) is 0. The van der Waals surface area contributed by atoms with Crippen molar-refractivity contribution in [2.24, 2.45) is 0 Å². The topological polar surface area (TPSA) is 56.6 Å². The molecule has 0 aromatic rings. The first-order valence-corrected chi connectivity index (χ1v) is 6.31. The molecule has 2 aliphatic rings. The number of hydrogen-bond acceptors (Lipinski definition) is 4.